The first-order chi connectivity index (χ1) is 17.0. The van der Waals surface area contributed by atoms with Gasteiger partial charge in [0.2, 0.25) is 0 Å². The molecule has 0 aliphatic carbocycles. The zero-order chi connectivity index (χ0) is 25.9. The first-order valence-corrected chi connectivity index (χ1v) is 17.5. The molecule has 3 nitrogen and oxygen atoms in total. The van der Waals surface area contributed by atoms with Crippen LogP contribution in [0.5, 0.6) is 0 Å². The molecule has 35 heavy (non-hydrogen) atoms. The van der Waals surface area contributed by atoms with Crippen molar-refractivity contribution in [3.63, 3.8) is 0 Å². The van der Waals surface area contributed by atoms with Crippen LogP contribution >= 0.6 is 0 Å². The van der Waals surface area contributed by atoms with Crippen LogP contribution in [-0.2, 0) is 10.1 Å². The topological polar surface area (TPSA) is 54.4 Å². The zero-order valence-corrected chi connectivity index (χ0v) is 24.9. The Morgan fingerprint density at radius 2 is 0.600 bits per heavy atom. The van der Waals surface area contributed by atoms with Gasteiger partial charge in [0.25, 0.3) is 10.1 Å². The van der Waals surface area contributed by atoms with E-state index in [-0.39, 0.29) is 0 Å². The minimum atomic E-state index is -3.89. The fourth-order valence-corrected chi connectivity index (χ4v) is 6.15. The highest BCUT2D eigenvalue weighted by atomic mass is 32.2. The van der Waals surface area contributed by atoms with Crippen LogP contribution in [0.4, 0.5) is 0 Å². The molecule has 0 aromatic heterocycles. The molecule has 1 atom stereocenters. The van der Waals surface area contributed by atoms with Gasteiger partial charge in [-0.1, -0.05) is 181 Å². The number of hydrogen-bond donors (Lipinski definition) is 1. The van der Waals surface area contributed by atoms with E-state index in [1.165, 1.54) is 141 Å². The van der Waals surface area contributed by atoms with Gasteiger partial charge in [-0.3, -0.25) is 4.55 Å². The number of rotatable bonds is 29. The van der Waals surface area contributed by atoms with Gasteiger partial charge in [-0.05, 0) is 12.8 Å². The van der Waals surface area contributed by atoms with Crippen molar-refractivity contribution in [1.29, 1.82) is 0 Å². The van der Waals surface area contributed by atoms with Crippen LogP contribution in [0.3, 0.4) is 0 Å². The van der Waals surface area contributed by atoms with Crippen molar-refractivity contribution in [2.24, 2.45) is 0 Å². The maximum atomic E-state index is 11.7. The van der Waals surface area contributed by atoms with Crippen LogP contribution in [0.15, 0.2) is 0 Å². The Morgan fingerprint density at radius 1 is 0.400 bits per heavy atom. The quantitative estimate of drug-likeness (QED) is 0.0794. The summed E-state index contributed by atoms with van der Waals surface area (Å²) in [6, 6.07) is 0. The predicted molar refractivity (Wildman–Crippen MR) is 156 cm³/mol. The van der Waals surface area contributed by atoms with Crippen molar-refractivity contribution >= 4 is 10.1 Å². The van der Waals surface area contributed by atoms with Crippen LogP contribution in [-0.4, -0.2) is 18.2 Å². The summed E-state index contributed by atoms with van der Waals surface area (Å²) in [4.78, 5) is 0. The van der Waals surface area contributed by atoms with Crippen molar-refractivity contribution in [2.45, 2.75) is 199 Å². The van der Waals surface area contributed by atoms with Gasteiger partial charge >= 0.3 is 0 Å². The fourth-order valence-electron chi connectivity index (χ4n) is 5.22. The lowest BCUT2D eigenvalue weighted by Gasteiger charge is -2.13. The molecule has 0 heterocycles. The maximum absolute atomic E-state index is 11.7. The molecule has 0 amide bonds. The Balaban J connectivity index is 3.44. The summed E-state index contributed by atoms with van der Waals surface area (Å²) in [6.07, 6.45) is 35.2. The molecule has 4 heteroatoms. The lowest BCUT2D eigenvalue weighted by atomic mass is 10.0. The molecule has 1 N–H and O–H groups in total. The highest BCUT2D eigenvalue weighted by Gasteiger charge is 2.21. The molecular formula is C31H64O3S. The lowest BCUT2D eigenvalue weighted by Crippen LogP contribution is -2.20. The molecule has 0 saturated carbocycles. The second-order valence-electron chi connectivity index (χ2n) is 11.2. The summed E-state index contributed by atoms with van der Waals surface area (Å²) in [5.41, 5.74) is 0. The molecular weight excluding hydrogens is 452 g/mol. The van der Waals surface area contributed by atoms with Gasteiger partial charge < -0.3 is 0 Å². The molecule has 0 saturated heterocycles. The Hall–Kier alpha value is -0.0900. The third-order valence-corrected chi connectivity index (χ3v) is 8.99. The molecule has 0 rings (SSSR count). The largest absolute Gasteiger partial charge is 0.285 e. The molecule has 1 unspecified atom stereocenters. The molecule has 0 bridgehead atoms. The first kappa shape index (κ1) is 34.9. The summed E-state index contributed by atoms with van der Waals surface area (Å²) in [5, 5.41) is -0.538. The van der Waals surface area contributed by atoms with Gasteiger partial charge in [-0.15, -0.1) is 0 Å². The van der Waals surface area contributed by atoms with Crippen LogP contribution in [0.25, 0.3) is 0 Å². The summed E-state index contributed by atoms with van der Waals surface area (Å²) < 4.78 is 33.0. The van der Waals surface area contributed by atoms with E-state index in [9.17, 15) is 13.0 Å². The zero-order valence-electron chi connectivity index (χ0n) is 24.0. The van der Waals surface area contributed by atoms with Crippen molar-refractivity contribution in [3.05, 3.63) is 0 Å². The van der Waals surface area contributed by atoms with Crippen molar-refractivity contribution < 1.29 is 13.0 Å². The smallest absolute Gasteiger partial charge is 0.267 e. The average Bonchev–Trinajstić information content (AvgIpc) is 2.82. The molecule has 0 spiro atoms. The lowest BCUT2D eigenvalue weighted by molar-refractivity contribution is 0.442. The summed E-state index contributed by atoms with van der Waals surface area (Å²) in [5.74, 6) is 0. The first-order valence-electron chi connectivity index (χ1n) is 16.0. The van der Waals surface area contributed by atoms with Gasteiger partial charge in [0.15, 0.2) is 0 Å². The Kier molecular flexibility index (Phi) is 26.9. The number of hydrogen-bond acceptors (Lipinski definition) is 2. The second kappa shape index (κ2) is 27.0. The van der Waals surface area contributed by atoms with E-state index in [0.29, 0.717) is 12.8 Å². The Bertz CT molecular complexity index is 503. The Labute approximate surface area is 221 Å². The van der Waals surface area contributed by atoms with E-state index in [4.69, 9.17) is 0 Å². The molecule has 0 fully saturated rings. The predicted octanol–water partition coefficient (Wildman–Crippen LogP) is 11.2. The van der Waals surface area contributed by atoms with Gasteiger partial charge in [-0.25, -0.2) is 0 Å². The van der Waals surface area contributed by atoms with Crippen LogP contribution in [0.1, 0.15) is 194 Å². The van der Waals surface area contributed by atoms with E-state index in [2.05, 4.69) is 13.8 Å². The normalized spacial score (nSPS) is 12.9. The molecule has 0 aliphatic rings. The van der Waals surface area contributed by atoms with Crippen molar-refractivity contribution in [1.82, 2.24) is 0 Å². The van der Waals surface area contributed by atoms with Gasteiger partial charge in [0.05, 0.1) is 5.25 Å². The van der Waals surface area contributed by atoms with Gasteiger partial charge in [-0.2, -0.15) is 8.42 Å². The molecule has 212 valence electrons. The minimum Gasteiger partial charge on any atom is -0.285 e. The summed E-state index contributed by atoms with van der Waals surface area (Å²) >= 11 is 0. The third-order valence-electron chi connectivity index (χ3n) is 7.68. The minimum absolute atomic E-state index is 0.538. The van der Waals surface area contributed by atoms with E-state index in [1.807, 2.05) is 0 Å². The number of unbranched alkanes of at least 4 members (excludes halogenated alkanes) is 24. The molecule has 0 aromatic rings. The monoisotopic (exact) mass is 516 g/mol. The van der Waals surface area contributed by atoms with E-state index < -0.39 is 15.4 Å². The highest BCUT2D eigenvalue weighted by Crippen LogP contribution is 2.20. The van der Waals surface area contributed by atoms with Gasteiger partial charge in [0, 0.05) is 0 Å². The average molecular weight is 517 g/mol. The standard InChI is InChI=1S/C31H64O3S/c1-3-5-7-9-11-12-13-14-15-16-17-18-19-20-21-22-24-26-28-30-31(35(32,33)34)29-27-25-23-10-8-6-4-2/h31H,3-30H2,1-2H3,(H,32,33,34). The SMILES string of the molecule is CCCCCCCCCCCCCCCCCCCCCC(CCCCCCCCC)S(=O)(=O)O. The van der Waals surface area contributed by atoms with Gasteiger partial charge in [0.1, 0.15) is 0 Å². The third kappa shape index (κ3) is 26.8. The van der Waals surface area contributed by atoms with Crippen LogP contribution in [0.2, 0.25) is 0 Å². The van der Waals surface area contributed by atoms with E-state index >= 15 is 0 Å². The van der Waals surface area contributed by atoms with Crippen molar-refractivity contribution in [3.8, 4) is 0 Å². The summed E-state index contributed by atoms with van der Waals surface area (Å²) in [7, 11) is -3.89. The van der Waals surface area contributed by atoms with Crippen molar-refractivity contribution in [2.75, 3.05) is 0 Å². The van der Waals surface area contributed by atoms with E-state index in [1.54, 1.807) is 0 Å². The molecule has 0 aromatic carbocycles. The Morgan fingerprint density at radius 3 is 0.800 bits per heavy atom. The summed E-state index contributed by atoms with van der Waals surface area (Å²) in [6.45, 7) is 4.50. The maximum Gasteiger partial charge on any atom is 0.267 e. The second-order valence-corrected chi connectivity index (χ2v) is 12.9. The molecule has 0 aliphatic heterocycles. The van der Waals surface area contributed by atoms with Crippen LogP contribution in [0, 0.1) is 0 Å². The highest BCUT2D eigenvalue weighted by molar-refractivity contribution is 7.86. The molecule has 0 radical (unpaired) electrons. The fraction of sp³-hybridized carbons (Fsp3) is 1.00. The van der Waals surface area contributed by atoms with Crippen LogP contribution < -0.4 is 0 Å². The van der Waals surface area contributed by atoms with E-state index in [0.717, 1.165) is 25.7 Å².